The first kappa shape index (κ1) is 16.9. The molecule has 3 N–H and O–H groups in total. The van der Waals surface area contributed by atoms with Gasteiger partial charge in [-0.2, -0.15) is 0 Å². The largest absolute Gasteiger partial charge is 0.481 e. The minimum Gasteiger partial charge on any atom is -0.481 e. The van der Waals surface area contributed by atoms with Gasteiger partial charge in [0.25, 0.3) is 5.91 Å². The van der Waals surface area contributed by atoms with Gasteiger partial charge < -0.3 is 15.4 Å². The molecule has 21 heavy (non-hydrogen) atoms. The van der Waals surface area contributed by atoms with Gasteiger partial charge in [-0.3, -0.25) is 10.1 Å². The Kier molecular flexibility index (Phi) is 6.61. The number of hydrogen-bond donors (Lipinski definition) is 3. The Bertz CT molecular complexity index is 508. The van der Waals surface area contributed by atoms with Crippen molar-refractivity contribution in [2.45, 2.75) is 26.5 Å². The van der Waals surface area contributed by atoms with Crippen molar-refractivity contribution in [1.29, 1.82) is 0 Å². The van der Waals surface area contributed by atoms with Gasteiger partial charge in [0.05, 0.1) is 0 Å². The van der Waals surface area contributed by atoms with Gasteiger partial charge in [-0.1, -0.05) is 6.92 Å². The van der Waals surface area contributed by atoms with Crippen molar-refractivity contribution in [1.82, 2.24) is 16.0 Å². The summed E-state index contributed by atoms with van der Waals surface area (Å²) in [4.78, 5) is 22.8. The van der Waals surface area contributed by atoms with E-state index < -0.39 is 18.0 Å². The van der Waals surface area contributed by atoms with Crippen molar-refractivity contribution in [3.05, 3.63) is 29.6 Å². The monoisotopic (exact) mass is 297 g/mol. The van der Waals surface area contributed by atoms with Crippen molar-refractivity contribution < 1.29 is 18.7 Å². The Hall–Kier alpha value is -2.15. The van der Waals surface area contributed by atoms with E-state index >= 15 is 0 Å². The molecule has 0 bridgehead atoms. The number of halogens is 1. The molecule has 1 aromatic rings. The minimum absolute atomic E-state index is 0.377. The highest BCUT2D eigenvalue weighted by atomic mass is 19.1. The summed E-state index contributed by atoms with van der Waals surface area (Å²) in [6, 6.07) is 3.46. The Morgan fingerprint density at radius 2 is 2.10 bits per heavy atom. The van der Waals surface area contributed by atoms with Crippen molar-refractivity contribution in [2.75, 3.05) is 13.6 Å². The van der Waals surface area contributed by atoms with Crippen LogP contribution in [0.1, 0.15) is 19.4 Å². The Balaban J connectivity index is 2.76. The maximum Gasteiger partial charge on any atom is 0.321 e. The van der Waals surface area contributed by atoms with Crippen LogP contribution < -0.4 is 20.7 Å². The summed E-state index contributed by atoms with van der Waals surface area (Å²) < 4.78 is 18.8. The van der Waals surface area contributed by atoms with Crippen LogP contribution in [0, 0.1) is 5.82 Å². The molecule has 0 aliphatic rings. The number of ether oxygens (including phenoxy) is 1. The zero-order valence-corrected chi connectivity index (χ0v) is 12.3. The maximum atomic E-state index is 13.3. The molecule has 0 saturated heterocycles. The highest BCUT2D eigenvalue weighted by molar-refractivity contribution is 5.96. The summed E-state index contributed by atoms with van der Waals surface area (Å²) in [5.74, 6) is -0.553. The van der Waals surface area contributed by atoms with E-state index in [0.717, 1.165) is 6.54 Å². The van der Waals surface area contributed by atoms with E-state index in [4.69, 9.17) is 4.74 Å². The normalized spacial score (nSPS) is 11.6. The van der Waals surface area contributed by atoms with E-state index in [9.17, 15) is 14.0 Å². The van der Waals surface area contributed by atoms with E-state index in [0.29, 0.717) is 17.9 Å². The highest BCUT2D eigenvalue weighted by Crippen LogP contribution is 2.21. The van der Waals surface area contributed by atoms with Gasteiger partial charge in [0, 0.05) is 19.2 Å². The molecule has 0 heterocycles. The van der Waals surface area contributed by atoms with E-state index in [1.807, 2.05) is 6.92 Å². The molecule has 1 atom stereocenters. The zero-order chi connectivity index (χ0) is 15.8. The molecule has 0 aliphatic carbocycles. The summed E-state index contributed by atoms with van der Waals surface area (Å²) in [6.45, 7) is 4.59. The highest BCUT2D eigenvalue weighted by Gasteiger charge is 2.18. The predicted molar refractivity (Wildman–Crippen MR) is 76.5 cm³/mol. The molecule has 0 radical (unpaired) electrons. The van der Waals surface area contributed by atoms with Crippen molar-refractivity contribution in [3.63, 3.8) is 0 Å². The first-order valence-electron chi connectivity index (χ1n) is 6.66. The van der Waals surface area contributed by atoms with Gasteiger partial charge in [-0.25, -0.2) is 9.18 Å². The Labute approximate surface area is 123 Å². The third kappa shape index (κ3) is 5.39. The van der Waals surface area contributed by atoms with E-state index in [1.54, 1.807) is 0 Å². The number of amides is 3. The number of urea groups is 1. The number of carbonyl (C=O) groups is 2. The summed E-state index contributed by atoms with van der Waals surface area (Å²) >= 11 is 0. The molecule has 7 heteroatoms. The van der Waals surface area contributed by atoms with Gasteiger partial charge in [-0.05, 0) is 31.7 Å². The van der Waals surface area contributed by atoms with Gasteiger partial charge in [-0.15, -0.1) is 0 Å². The predicted octanol–water partition coefficient (Wildman–Crippen LogP) is 1.16. The Morgan fingerprint density at radius 1 is 1.38 bits per heavy atom. The molecule has 6 nitrogen and oxygen atoms in total. The first-order valence-corrected chi connectivity index (χ1v) is 6.66. The fourth-order valence-electron chi connectivity index (χ4n) is 1.58. The molecule has 0 fully saturated rings. The summed E-state index contributed by atoms with van der Waals surface area (Å²) in [6.07, 6.45) is -0.881. The second-order valence-electron chi connectivity index (χ2n) is 4.36. The van der Waals surface area contributed by atoms with Crippen LogP contribution in [0.3, 0.4) is 0 Å². The second-order valence-corrected chi connectivity index (χ2v) is 4.36. The molecular formula is C14H20FN3O3. The summed E-state index contributed by atoms with van der Waals surface area (Å²) in [5, 5.41) is 7.46. The standard InChI is InChI=1S/C14H20FN3O3/c1-4-17-8-10-7-11(15)5-6-12(10)21-9(2)13(19)18-14(20)16-3/h5-7,9,17H,4,8H2,1-3H3,(H2,16,18,19,20). The molecule has 0 saturated carbocycles. The second kappa shape index (κ2) is 8.21. The lowest BCUT2D eigenvalue weighted by Gasteiger charge is -2.17. The van der Waals surface area contributed by atoms with E-state index in [-0.39, 0.29) is 5.82 Å². The lowest BCUT2D eigenvalue weighted by atomic mass is 10.2. The molecule has 1 unspecified atom stereocenters. The van der Waals surface area contributed by atoms with Crippen LogP contribution in [-0.2, 0) is 11.3 Å². The van der Waals surface area contributed by atoms with Gasteiger partial charge in [0.2, 0.25) is 0 Å². The van der Waals surface area contributed by atoms with Crippen LogP contribution in [-0.4, -0.2) is 31.6 Å². The van der Waals surface area contributed by atoms with Crippen LogP contribution in [0.5, 0.6) is 5.75 Å². The molecule has 0 aliphatic heterocycles. The molecule has 1 aromatic carbocycles. The smallest absolute Gasteiger partial charge is 0.321 e. The van der Waals surface area contributed by atoms with Crippen molar-refractivity contribution >= 4 is 11.9 Å². The molecule has 0 aromatic heterocycles. The zero-order valence-electron chi connectivity index (χ0n) is 12.3. The number of rotatable bonds is 6. The topological polar surface area (TPSA) is 79.5 Å². The summed E-state index contributed by atoms with van der Waals surface area (Å²) in [7, 11) is 1.41. The lowest BCUT2D eigenvalue weighted by Crippen LogP contribution is -2.44. The van der Waals surface area contributed by atoms with Crippen molar-refractivity contribution in [2.24, 2.45) is 0 Å². The van der Waals surface area contributed by atoms with E-state index in [2.05, 4.69) is 16.0 Å². The number of carbonyl (C=O) groups excluding carboxylic acids is 2. The lowest BCUT2D eigenvalue weighted by molar-refractivity contribution is -0.126. The molecular weight excluding hydrogens is 277 g/mol. The average molecular weight is 297 g/mol. The SMILES string of the molecule is CCNCc1cc(F)ccc1OC(C)C(=O)NC(=O)NC. The van der Waals surface area contributed by atoms with Crippen LogP contribution in [0.15, 0.2) is 18.2 Å². The van der Waals surface area contributed by atoms with Crippen molar-refractivity contribution in [3.8, 4) is 5.75 Å². The number of hydrogen-bond acceptors (Lipinski definition) is 4. The van der Waals surface area contributed by atoms with Gasteiger partial charge in [0.1, 0.15) is 11.6 Å². The third-order valence-electron chi connectivity index (χ3n) is 2.72. The fourth-order valence-corrected chi connectivity index (χ4v) is 1.58. The number of benzene rings is 1. The average Bonchev–Trinajstić information content (AvgIpc) is 2.46. The van der Waals surface area contributed by atoms with Crippen LogP contribution in [0.2, 0.25) is 0 Å². The first-order chi connectivity index (χ1) is 9.97. The molecule has 0 spiro atoms. The molecule has 1 rings (SSSR count). The van der Waals surface area contributed by atoms with Crippen LogP contribution in [0.25, 0.3) is 0 Å². The van der Waals surface area contributed by atoms with E-state index in [1.165, 1.54) is 32.2 Å². The van der Waals surface area contributed by atoms with Gasteiger partial charge in [0.15, 0.2) is 6.10 Å². The number of imide groups is 1. The number of nitrogens with one attached hydrogen (secondary N) is 3. The molecule has 116 valence electrons. The minimum atomic E-state index is -0.881. The fraction of sp³-hybridized carbons (Fsp3) is 0.429. The van der Waals surface area contributed by atoms with Crippen LogP contribution >= 0.6 is 0 Å². The molecule has 3 amide bonds. The third-order valence-corrected chi connectivity index (χ3v) is 2.72. The quantitative estimate of drug-likeness (QED) is 0.736. The summed E-state index contributed by atoms with van der Waals surface area (Å²) in [5.41, 5.74) is 0.608. The van der Waals surface area contributed by atoms with Crippen LogP contribution in [0.4, 0.5) is 9.18 Å². The maximum absolute atomic E-state index is 13.3. The Morgan fingerprint density at radius 3 is 2.71 bits per heavy atom. The van der Waals surface area contributed by atoms with Gasteiger partial charge >= 0.3 is 6.03 Å².